The summed E-state index contributed by atoms with van der Waals surface area (Å²) in [6.07, 6.45) is 0.342. The van der Waals surface area contributed by atoms with Crippen LogP contribution >= 0.6 is 11.3 Å². The van der Waals surface area contributed by atoms with Crippen LogP contribution in [0.3, 0.4) is 0 Å². The molecule has 0 fully saturated rings. The van der Waals surface area contributed by atoms with E-state index in [0.717, 1.165) is 9.78 Å². The monoisotopic (exact) mass is 313 g/mol. The number of ether oxygens (including phenoxy) is 1. The van der Waals surface area contributed by atoms with Crippen LogP contribution in [0.25, 0.3) is 0 Å². The molecule has 0 saturated carbocycles. The number of nitrogens with zero attached hydrogens (tertiary/aromatic N) is 2. The second-order valence-electron chi connectivity index (χ2n) is 4.23. The van der Waals surface area contributed by atoms with E-state index in [9.17, 15) is 14.7 Å². The Labute approximate surface area is 124 Å². The first-order valence-electron chi connectivity index (χ1n) is 6.09. The lowest BCUT2D eigenvalue weighted by atomic mass is 10.0. The second-order valence-corrected chi connectivity index (χ2v) is 5.12. The summed E-state index contributed by atoms with van der Waals surface area (Å²) in [4.78, 5) is 34.3. The number of carboxylic acid groups (broad SMARTS) is 1. The van der Waals surface area contributed by atoms with E-state index >= 15 is 0 Å². The minimum Gasteiger partial charge on any atom is -0.467 e. The summed E-state index contributed by atoms with van der Waals surface area (Å²) in [6, 6.07) is -1.45. The van der Waals surface area contributed by atoms with Gasteiger partial charge >= 0.3 is 12.1 Å². The largest absolute Gasteiger partial charge is 0.467 e. The predicted molar refractivity (Wildman–Crippen MR) is 73.6 cm³/mol. The highest BCUT2D eigenvalue weighted by molar-refractivity contribution is 7.09. The lowest BCUT2D eigenvalue weighted by Crippen LogP contribution is -2.47. The van der Waals surface area contributed by atoms with Crippen molar-refractivity contribution in [2.24, 2.45) is 0 Å². The van der Waals surface area contributed by atoms with Crippen molar-refractivity contribution < 1.29 is 24.3 Å². The maximum absolute atomic E-state index is 11.9. The summed E-state index contributed by atoms with van der Waals surface area (Å²) in [6.45, 7) is 3.86. The molecule has 1 aromatic rings. The molecule has 2 heterocycles. The molecule has 2 atom stereocenters. The molecule has 9 heteroatoms. The van der Waals surface area contributed by atoms with Gasteiger partial charge in [0.25, 0.3) is 0 Å². The molecule has 1 aliphatic rings. The molecular formula is C12H15N3O5S. The Morgan fingerprint density at radius 2 is 2.48 bits per heavy atom. The maximum atomic E-state index is 11.9. The van der Waals surface area contributed by atoms with Crippen LogP contribution in [0.2, 0.25) is 0 Å². The smallest absolute Gasteiger partial charge is 0.408 e. The van der Waals surface area contributed by atoms with Crippen LogP contribution in [0.4, 0.5) is 4.79 Å². The summed E-state index contributed by atoms with van der Waals surface area (Å²) in [5.41, 5.74) is 4.71. The van der Waals surface area contributed by atoms with E-state index < -0.39 is 24.1 Å². The molecule has 2 unspecified atom stereocenters. The van der Waals surface area contributed by atoms with E-state index in [2.05, 4.69) is 21.8 Å². The number of amides is 1. The molecule has 1 aromatic heterocycles. The average molecular weight is 313 g/mol. The number of hydrogen-bond donors (Lipinski definition) is 2. The van der Waals surface area contributed by atoms with E-state index in [-0.39, 0.29) is 13.2 Å². The van der Waals surface area contributed by atoms with Crippen molar-refractivity contribution in [3.05, 3.63) is 28.7 Å². The van der Waals surface area contributed by atoms with Gasteiger partial charge in [-0.15, -0.1) is 17.9 Å². The highest BCUT2D eigenvalue weighted by Crippen LogP contribution is 2.37. The zero-order valence-electron chi connectivity index (χ0n) is 11.3. The van der Waals surface area contributed by atoms with Crippen molar-refractivity contribution in [3.63, 3.8) is 0 Å². The van der Waals surface area contributed by atoms with Gasteiger partial charge in [-0.3, -0.25) is 9.74 Å². The summed E-state index contributed by atoms with van der Waals surface area (Å²) >= 11 is 1.33. The van der Waals surface area contributed by atoms with Crippen LogP contribution in [0.5, 0.6) is 0 Å². The second kappa shape index (κ2) is 6.66. The molecule has 2 rings (SSSR count). The van der Waals surface area contributed by atoms with Crippen molar-refractivity contribution in [1.82, 2.24) is 15.4 Å². The minimum atomic E-state index is -1.22. The van der Waals surface area contributed by atoms with E-state index in [1.807, 2.05) is 0 Å². The van der Waals surface area contributed by atoms with Crippen LogP contribution in [-0.4, -0.2) is 47.3 Å². The van der Waals surface area contributed by atoms with Crippen LogP contribution in [-0.2, 0) is 14.4 Å². The number of carbonyl (C=O) groups excluding carboxylic acids is 1. The fraction of sp³-hybridized carbons (Fsp3) is 0.417. The Morgan fingerprint density at radius 3 is 3.10 bits per heavy atom. The molecule has 0 aliphatic carbocycles. The van der Waals surface area contributed by atoms with Crippen LogP contribution < -0.4 is 5.48 Å². The van der Waals surface area contributed by atoms with Gasteiger partial charge in [-0.1, -0.05) is 6.08 Å². The van der Waals surface area contributed by atoms with Crippen LogP contribution in [0, 0.1) is 0 Å². The van der Waals surface area contributed by atoms with Gasteiger partial charge in [-0.05, 0) is 0 Å². The standard InChI is InChI=1S/C12H15N3O5S/c1-3-4-20-14-7-5-15(12(17)18)9(11(16)19-2)8-10(7)21-6-13-8/h3,6-7,9,14H,1,4-5H2,2H3,(H,17,18). The van der Waals surface area contributed by atoms with E-state index in [0.29, 0.717) is 5.69 Å². The lowest BCUT2D eigenvalue weighted by molar-refractivity contribution is -0.147. The molecule has 0 aromatic carbocycles. The molecule has 2 N–H and O–H groups in total. The summed E-state index contributed by atoms with van der Waals surface area (Å²) < 4.78 is 4.69. The summed E-state index contributed by atoms with van der Waals surface area (Å²) in [5.74, 6) is -0.657. The number of hydrogen-bond acceptors (Lipinski definition) is 7. The number of thiazole rings is 1. The van der Waals surface area contributed by atoms with Crippen molar-refractivity contribution in [2.75, 3.05) is 20.3 Å². The molecule has 0 spiro atoms. The predicted octanol–water partition coefficient (Wildman–Crippen LogP) is 1.10. The van der Waals surface area contributed by atoms with Crippen LogP contribution in [0.1, 0.15) is 22.7 Å². The van der Waals surface area contributed by atoms with Gasteiger partial charge in [-0.25, -0.2) is 14.6 Å². The number of nitrogens with one attached hydrogen (secondary N) is 1. The quantitative estimate of drug-likeness (QED) is 0.363. The molecule has 1 aliphatic heterocycles. The molecule has 114 valence electrons. The molecular weight excluding hydrogens is 298 g/mol. The number of esters is 1. The normalized spacial score (nSPS) is 20.7. The highest BCUT2D eigenvalue weighted by atomic mass is 32.1. The van der Waals surface area contributed by atoms with E-state index in [1.54, 1.807) is 11.6 Å². The van der Waals surface area contributed by atoms with Gasteiger partial charge in [0, 0.05) is 6.54 Å². The van der Waals surface area contributed by atoms with Gasteiger partial charge in [0.2, 0.25) is 0 Å². The fourth-order valence-electron chi connectivity index (χ4n) is 2.10. The number of carbonyl (C=O) groups is 2. The Bertz CT molecular complexity index is 547. The molecule has 8 nitrogen and oxygen atoms in total. The number of aromatic nitrogens is 1. The lowest BCUT2D eigenvalue weighted by Gasteiger charge is -2.35. The Morgan fingerprint density at radius 1 is 1.71 bits per heavy atom. The van der Waals surface area contributed by atoms with Crippen molar-refractivity contribution in [2.45, 2.75) is 12.1 Å². The first kappa shape index (κ1) is 15.4. The minimum absolute atomic E-state index is 0.0570. The number of methoxy groups -OCH3 is 1. The van der Waals surface area contributed by atoms with Crippen molar-refractivity contribution in [3.8, 4) is 0 Å². The van der Waals surface area contributed by atoms with Gasteiger partial charge in [0.1, 0.15) is 0 Å². The third kappa shape index (κ3) is 3.04. The zero-order chi connectivity index (χ0) is 15.4. The topological polar surface area (TPSA) is 101 Å². The third-order valence-corrected chi connectivity index (χ3v) is 3.95. The first-order chi connectivity index (χ1) is 10.1. The molecule has 0 saturated heterocycles. The summed E-state index contributed by atoms with van der Waals surface area (Å²) in [7, 11) is 1.21. The Kier molecular flexibility index (Phi) is 4.89. The SMILES string of the molecule is C=CCONC1CN(C(=O)O)C(C(=O)OC)c2ncsc21. The van der Waals surface area contributed by atoms with E-state index in [1.165, 1.54) is 18.4 Å². The zero-order valence-corrected chi connectivity index (χ0v) is 12.1. The van der Waals surface area contributed by atoms with Crippen molar-refractivity contribution in [1.29, 1.82) is 0 Å². The van der Waals surface area contributed by atoms with Gasteiger partial charge in [0.15, 0.2) is 6.04 Å². The fourth-order valence-corrected chi connectivity index (χ4v) is 2.95. The van der Waals surface area contributed by atoms with Gasteiger partial charge < -0.3 is 9.84 Å². The Balaban J connectivity index is 2.31. The maximum Gasteiger partial charge on any atom is 0.408 e. The first-order valence-corrected chi connectivity index (χ1v) is 6.97. The molecule has 1 amide bonds. The van der Waals surface area contributed by atoms with Gasteiger partial charge in [-0.2, -0.15) is 5.48 Å². The molecule has 0 bridgehead atoms. The van der Waals surface area contributed by atoms with Crippen LogP contribution in [0.15, 0.2) is 18.2 Å². The number of hydroxylamine groups is 1. The summed E-state index contributed by atoms with van der Waals surface area (Å²) in [5, 5.41) is 9.31. The van der Waals surface area contributed by atoms with Crippen molar-refractivity contribution >= 4 is 23.4 Å². The number of rotatable bonds is 5. The molecule has 21 heavy (non-hydrogen) atoms. The average Bonchev–Trinajstić information content (AvgIpc) is 2.95. The molecule has 0 radical (unpaired) electrons. The highest BCUT2D eigenvalue weighted by Gasteiger charge is 2.43. The number of fused-ring (bicyclic) bond motifs is 1. The Hall–Kier alpha value is -1.97. The van der Waals surface area contributed by atoms with Gasteiger partial charge in [0.05, 0.1) is 35.8 Å². The van der Waals surface area contributed by atoms with E-state index in [4.69, 9.17) is 4.84 Å². The third-order valence-electron chi connectivity index (χ3n) is 2.99.